The van der Waals surface area contributed by atoms with Gasteiger partial charge in [0.1, 0.15) is 0 Å². The predicted octanol–water partition coefficient (Wildman–Crippen LogP) is 1.18. The van der Waals surface area contributed by atoms with Crippen LogP contribution in [0.25, 0.3) is 0 Å². The van der Waals surface area contributed by atoms with Gasteiger partial charge in [0, 0.05) is 31.9 Å². The SMILES string of the molecule is Cc1ccccc1NCC(=O)N1CCN(C)CC1. The number of nitrogens with zero attached hydrogens (tertiary/aromatic N) is 2. The molecule has 0 radical (unpaired) electrons. The largest absolute Gasteiger partial charge is 0.376 e. The number of benzene rings is 1. The molecule has 1 heterocycles. The van der Waals surface area contributed by atoms with Crippen molar-refractivity contribution in [3.63, 3.8) is 0 Å². The smallest absolute Gasteiger partial charge is 0.241 e. The second-order valence-electron chi connectivity index (χ2n) is 4.85. The van der Waals surface area contributed by atoms with Crippen LogP contribution in [0.1, 0.15) is 5.56 Å². The van der Waals surface area contributed by atoms with Crippen molar-refractivity contribution in [2.24, 2.45) is 0 Å². The highest BCUT2D eigenvalue weighted by molar-refractivity contribution is 5.81. The average Bonchev–Trinajstić information content (AvgIpc) is 2.38. The zero-order valence-electron chi connectivity index (χ0n) is 11.1. The Bertz CT molecular complexity index is 411. The highest BCUT2D eigenvalue weighted by Crippen LogP contribution is 2.12. The summed E-state index contributed by atoms with van der Waals surface area (Å²) in [5, 5.41) is 3.22. The Balaban J connectivity index is 1.83. The maximum Gasteiger partial charge on any atom is 0.241 e. The van der Waals surface area contributed by atoms with Crippen molar-refractivity contribution in [3.05, 3.63) is 29.8 Å². The van der Waals surface area contributed by atoms with Crippen LogP contribution in [0, 0.1) is 6.92 Å². The van der Waals surface area contributed by atoms with Gasteiger partial charge in [-0.15, -0.1) is 0 Å². The molecule has 1 aliphatic heterocycles. The Morgan fingerprint density at radius 2 is 1.89 bits per heavy atom. The van der Waals surface area contributed by atoms with E-state index in [0.717, 1.165) is 31.9 Å². The number of amides is 1. The molecular weight excluding hydrogens is 226 g/mol. The molecule has 1 aromatic carbocycles. The van der Waals surface area contributed by atoms with E-state index in [9.17, 15) is 4.79 Å². The van der Waals surface area contributed by atoms with Crippen LogP contribution in [0.4, 0.5) is 5.69 Å². The molecule has 1 saturated heterocycles. The monoisotopic (exact) mass is 247 g/mol. The van der Waals surface area contributed by atoms with E-state index in [0.29, 0.717) is 6.54 Å². The normalized spacial score (nSPS) is 16.7. The third kappa shape index (κ3) is 3.23. The average molecular weight is 247 g/mol. The number of rotatable bonds is 3. The summed E-state index contributed by atoms with van der Waals surface area (Å²) in [6.45, 7) is 6.04. The molecule has 1 aliphatic rings. The Labute approximate surface area is 109 Å². The Morgan fingerprint density at radius 1 is 1.22 bits per heavy atom. The third-order valence-corrected chi connectivity index (χ3v) is 3.43. The maximum absolute atomic E-state index is 12.0. The van der Waals surface area contributed by atoms with Crippen molar-refractivity contribution in [2.45, 2.75) is 6.92 Å². The quantitative estimate of drug-likeness (QED) is 0.871. The molecule has 1 N–H and O–H groups in total. The summed E-state index contributed by atoms with van der Waals surface area (Å²) in [5.74, 6) is 0.186. The number of hydrogen-bond donors (Lipinski definition) is 1. The van der Waals surface area contributed by atoms with Gasteiger partial charge in [0.05, 0.1) is 6.54 Å². The second-order valence-corrected chi connectivity index (χ2v) is 4.85. The van der Waals surface area contributed by atoms with Crippen molar-refractivity contribution in [1.82, 2.24) is 9.80 Å². The molecule has 18 heavy (non-hydrogen) atoms. The van der Waals surface area contributed by atoms with E-state index in [-0.39, 0.29) is 5.91 Å². The van der Waals surface area contributed by atoms with Crippen LogP contribution in [0.15, 0.2) is 24.3 Å². The lowest BCUT2D eigenvalue weighted by Gasteiger charge is -2.32. The van der Waals surface area contributed by atoms with Gasteiger partial charge in [-0.3, -0.25) is 4.79 Å². The van der Waals surface area contributed by atoms with Crippen molar-refractivity contribution >= 4 is 11.6 Å². The molecule has 98 valence electrons. The van der Waals surface area contributed by atoms with E-state index >= 15 is 0 Å². The lowest BCUT2D eigenvalue weighted by Crippen LogP contribution is -2.48. The van der Waals surface area contributed by atoms with E-state index in [1.165, 1.54) is 5.56 Å². The van der Waals surface area contributed by atoms with Crippen LogP contribution in [0.2, 0.25) is 0 Å². The molecule has 0 atom stereocenters. The summed E-state index contributed by atoms with van der Waals surface area (Å²) in [5.41, 5.74) is 2.21. The fraction of sp³-hybridized carbons (Fsp3) is 0.500. The molecule has 1 amide bonds. The topological polar surface area (TPSA) is 35.6 Å². The summed E-state index contributed by atoms with van der Waals surface area (Å²) in [7, 11) is 2.09. The summed E-state index contributed by atoms with van der Waals surface area (Å²) >= 11 is 0. The first-order valence-electron chi connectivity index (χ1n) is 6.42. The van der Waals surface area contributed by atoms with Gasteiger partial charge in [-0.25, -0.2) is 0 Å². The molecule has 4 heteroatoms. The third-order valence-electron chi connectivity index (χ3n) is 3.43. The number of para-hydroxylation sites is 1. The van der Waals surface area contributed by atoms with E-state index in [4.69, 9.17) is 0 Å². The molecule has 0 spiro atoms. The lowest BCUT2D eigenvalue weighted by atomic mass is 10.2. The molecule has 0 saturated carbocycles. The molecular formula is C14H21N3O. The van der Waals surface area contributed by atoms with Gasteiger partial charge in [-0.1, -0.05) is 18.2 Å². The molecule has 4 nitrogen and oxygen atoms in total. The summed E-state index contributed by atoms with van der Waals surface area (Å²) in [6, 6.07) is 8.04. The fourth-order valence-electron chi connectivity index (χ4n) is 2.11. The highest BCUT2D eigenvalue weighted by Gasteiger charge is 2.18. The van der Waals surface area contributed by atoms with Crippen molar-refractivity contribution in [2.75, 3.05) is 45.1 Å². The van der Waals surface area contributed by atoms with Crippen LogP contribution < -0.4 is 5.32 Å². The summed E-state index contributed by atoms with van der Waals surface area (Å²) in [4.78, 5) is 16.2. The Hall–Kier alpha value is -1.55. The van der Waals surface area contributed by atoms with Crippen LogP contribution in [0.3, 0.4) is 0 Å². The van der Waals surface area contributed by atoms with Crippen LogP contribution in [0.5, 0.6) is 0 Å². The van der Waals surface area contributed by atoms with Crippen molar-refractivity contribution in [3.8, 4) is 0 Å². The number of anilines is 1. The van der Waals surface area contributed by atoms with E-state index in [2.05, 4.69) is 17.3 Å². The molecule has 0 unspecified atom stereocenters. The molecule has 1 aromatic rings. The molecule has 0 bridgehead atoms. The number of likely N-dealkylation sites (N-methyl/N-ethyl adjacent to an activating group) is 1. The second kappa shape index (κ2) is 5.87. The lowest BCUT2D eigenvalue weighted by molar-refractivity contribution is -0.130. The van der Waals surface area contributed by atoms with Crippen LogP contribution >= 0.6 is 0 Å². The van der Waals surface area contributed by atoms with Gasteiger partial charge in [0.2, 0.25) is 5.91 Å². The van der Waals surface area contributed by atoms with E-state index in [1.807, 2.05) is 36.1 Å². The molecule has 2 rings (SSSR count). The predicted molar refractivity (Wildman–Crippen MR) is 73.7 cm³/mol. The Morgan fingerprint density at radius 3 is 2.56 bits per heavy atom. The van der Waals surface area contributed by atoms with E-state index < -0.39 is 0 Å². The van der Waals surface area contributed by atoms with Gasteiger partial charge < -0.3 is 15.1 Å². The number of nitrogens with one attached hydrogen (secondary N) is 1. The summed E-state index contributed by atoms with van der Waals surface area (Å²) < 4.78 is 0. The minimum Gasteiger partial charge on any atom is -0.376 e. The van der Waals surface area contributed by atoms with Crippen molar-refractivity contribution in [1.29, 1.82) is 0 Å². The van der Waals surface area contributed by atoms with Gasteiger partial charge in [0.15, 0.2) is 0 Å². The molecule has 0 aliphatic carbocycles. The first-order valence-corrected chi connectivity index (χ1v) is 6.42. The van der Waals surface area contributed by atoms with Crippen molar-refractivity contribution < 1.29 is 4.79 Å². The molecule has 0 aromatic heterocycles. The van der Waals surface area contributed by atoms with Gasteiger partial charge in [-0.05, 0) is 25.6 Å². The standard InChI is InChI=1S/C14H21N3O/c1-12-5-3-4-6-13(12)15-11-14(18)17-9-7-16(2)8-10-17/h3-6,15H,7-11H2,1-2H3. The highest BCUT2D eigenvalue weighted by atomic mass is 16.2. The zero-order valence-corrected chi connectivity index (χ0v) is 11.1. The minimum atomic E-state index is 0.186. The van der Waals surface area contributed by atoms with Gasteiger partial charge >= 0.3 is 0 Å². The fourth-order valence-corrected chi connectivity index (χ4v) is 2.11. The van der Waals surface area contributed by atoms with Crippen LogP contribution in [-0.2, 0) is 4.79 Å². The first kappa shape index (κ1) is 12.9. The number of aryl methyl sites for hydroxylation is 1. The number of carbonyl (C=O) groups excluding carboxylic acids is 1. The maximum atomic E-state index is 12.0. The minimum absolute atomic E-state index is 0.186. The summed E-state index contributed by atoms with van der Waals surface area (Å²) in [6.07, 6.45) is 0. The number of piperazine rings is 1. The Kier molecular flexibility index (Phi) is 4.20. The first-order chi connectivity index (χ1) is 8.66. The number of hydrogen-bond acceptors (Lipinski definition) is 3. The van der Waals surface area contributed by atoms with Crippen LogP contribution in [-0.4, -0.2) is 55.5 Å². The van der Waals surface area contributed by atoms with Gasteiger partial charge in [0.25, 0.3) is 0 Å². The number of carbonyl (C=O) groups is 1. The molecule has 1 fully saturated rings. The van der Waals surface area contributed by atoms with Gasteiger partial charge in [-0.2, -0.15) is 0 Å². The zero-order chi connectivity index (χ0) is 13.0. The van der Waals surface area contributed by atoms with E-state index in [1.54, 1.807) is 0 Å².